The number of hydrogen-bond acceptors (Lipinski definition) is 13. The Morgan fingerprint density at radius 1 is 0.692 bits per heavy atom. The molecule has 0 aliphatic heterocycles. The maximum atomic E-state index is 11.5. The van der Waals surface area contributed by atoms with Crippen molar-refractivity contribution in [1.29, 1.82) is 0 Å². The SMILES string of the molecule is COC(=O)OC[C@H](OC(=O)OC)[C@H](OC(=O)OC)[C@@H](CO)OC(=O)OC. The number of methoxy groups -OCH3 is 4. The number of rotatable bonds is 8. The summed E-state index contributed by atoms with van der Waals surface area (Å²) in [7, 11) is 3.99. The lowest BCUT2D eigenvalue weighted by molar-refractivity contribution is -0.126. The lowest BCUT2D eigenvalue weighted by Gasteiger charge is -2.29. The fourth-order valence-corrected chi connectivity index (χ4v) is 1.51. The predicted molar refractivity (Wildman–Crippen MR) is 77.3 cm³/mol. The fraction of sp³-hybridized carbons (Fsp3) is 0.692. The van der Waals surface area contributed by atoms with Gasteiger partial charge in [0, 0.05) is 0 Å². The molecule has 13 nitrogen and oxygen atoms in total. The summed E-state index contributed by atoms with van der Waals surface area (Å²) < 4.78 is 36.2. The van der Waals surface area contributed by atoms with Gasteiger partial charge in [-0.1, -0.05) is 0 Å². The van der Waals surface area contributed by atoms with Crippen molar-refractivity contribution in [1.82, 2.24) is 0 Å². The highest BCUT2D eigenvalue weighted by molar-refractivity contribution is 5.62. The van der Waals surface area contributed by atoms with E-state index in [1.807, 2.05) is 0 Å². The van der Waals surface area contributed by atoms with Gasteiger partial charge in [-0.15, -0.1) is 0 Å². The Kier molecular flexibility index (Phi) is 11.0. The molecular formula is C13H20O13. The van der Waals surface area contributed by atoms with Gasteiger partial charge in [-0.2, -0.15) is 0 Å². The first-order chi connectivity index (χ1) is 12.3. The molecule has 0 spiro atoms. The smallest absolute Gasteiger partial charge is 0.438 e. The van der Waals surface area contributed by atoms with Gasteiger partial charge in [0.05, 0.1) is 35.0 Å². The third-order valence-corrected chi connectivity index (χ3v) is 2.67. The molecule has 0 aromatic rings. The second kappa shape index (κ2) is 12.4. The van der Waals surface area contributed by atoms with Gasteiger partial charge in [0.2, 0.25) is 0 Å². The minimum absolute atomic E-state index is 0.704. The molecule has 1 N–H and O–H groups in total. The van der Waals surface area contributed by atoms with Crippen LogP contribution in [0.3, 0.4) is 0 Å². The summed E-state index contributed by atoms with van der Waals surface area (Å²) in [6.07, 6.45) is -9.67. The fourth-order valence-electron chi connectivity index (χ4n) is 1.51. The van der Waals surface area contributed by atoms with E-state index in [1.165, 1.54) is 0 Å². The maximum Gasteiger partial charge on any atom is 0.508 e. The number of hydrogen-bond donors (Lipinski definition) is 1. The second-order valence-electron chi connectivity index (χ2n) is 4.21. The maximum absolute atomic E-state index is 11.5. The van der Waals surface area contributed by atoms with Gasteiger partial charge in [-0.05, 0) is 0 Å². The van der Waals surface area contributed by atoms with Gasteiger partial charge in [0.25, 0.3) is 0 Å². The van der Waals surface area contributed by atoms with E-state index < -0.39 is 56.1 Å². The number of ether oxygens (including phenoxy) is 8. The molecule has 150 valence electrons. The Morgan fingerprint density at radius 3 is 1.54 bits per heavy atom. The molecule has 0 aromatic heterocycles. The van der Waals surface area contributed by atoms with Crippen LogP contribution in [0.5, 0.6) is 0 Å². The van der Waals surface area contributed by atoms with Crippen molar-refractivity contribution in [2.24, 2.45) is 0 Å². The Hall–Kier alpha value is -2.96. The Balaban J connectivity index is 5.55. The number of carbonyl (C=O) groups excluding carboxylic acids is 4. The predicted octanol–water partition coefficient (Wildman–Crippen LogP) is 0.216. The normalized spacial score (nSPS) is 13.3. The van der Waals surface area contributed by atoms with Crippen LogP contribution < -0.4 is 0 Å². The van der Waals surface area contributed by atoms with Crippen LogP contribution in [0.25, 0.3) is 0 Å². The molecule has 0 radical (unpaired) electrons. The van der Waals surface area contributed by atoms with E-state index in [1.54, 1.807) is 0 Å². The first-order valence-corrected chi connectivity index (χ1v) is 6.88. The van der Waals surface area contributed by atoms with Crippen LogP contribution >= 0.6 is 0 Å². The van der Waals surface area contributed by atoms with E-state index >= 15 is 0 Å². The van der Waals surface area contributed by atoms with E-state index in [0.717, 1.165) is 28.4 Å². The highest BCUT2D eigenvalue weighted by Gasteiger charge is 2.40. The van der Waals surface area contributed by atoms with E-state index in [2.05, 4.69) is 23.7 Å². The first kappa shape index (κ1) is 23.0. The molecule has 0 amide bonds. The molecule has 0 unspecified atom stereocenters. The zero-order chi connectivity index (χ0) is 20.1. The molecule has 0 aliphatic rings. The lowest BCUT2D eigenvalue weighted by atomic mass is 10.1. The van der Waals surface area contributed by atoms with Crippen LogP contribution in [0.4, 0.5) is 19.2 Å². The Labute approximate surface area is 147 Å². The van der Waals surface area contributed by atoms with Crippen molar-refractivity contribution in [2.45, 2.75) is 18.3 Å². The Bertz CT molecular complexity index is 477. The zero-order valence-corrected chi connectivity index (χ0v) is 14.5. The van der Waals surface area contributed by atoms with Crippen LogP contribution in [-0.4, -0.2) is 89.7 Å². The highest BCUT2D eigenvalue weighted by atomic mass is 16.8. The monoisotopic (exact) mass is 384 g/mol. The first-order valence-electron chi connectivity index (χ1n) is 6.88. The van der Waals surface area contributed by atoms with Crippen LogP contribution in [0, 0.1) is 0 Å². The van der Waals surface area contributed by atoms with Gasteiger partial charge in [0.15, 0.2) is 18.3 Å². The molecule has 0 bridgehead atoms. The van der Waals surface area contributed by atoms with Crippen LogP contribution in [-0.2, 0) is 37.9 Å². The van der Waals surface area contributed by atoms with Gasteiger partial charge < -0.3 is 43.0 Å². The molecule has 0 rings (SSSR count). The molecule has 0 aliphatic carbocycles. The van der Waals surface area contributed by atoms with Gasteiger partial charge in [-0.3, -0.25) is 0 Å². The zero-order valence-electron chi connectivity index (χ0n) is 14.5. The largest absolute Gasteiger partial charge is 0.508 e. The van der Waals surface area contributed by atoms with Crippen molar-refractivity contribution in [3.8, 4) is 0 Å². The summed E-state index contributed by atoms with van der Waals surface area (Å²) in [5, 5.41) is 9.42. The number of carbonyl (C=O) groups is 4. The second-order valence-corrected chi connectivity index (χ2v) is 4.21. The topological polar surface area (TPSA) is 162 Å². The van der Waals surface area contributed by atoms with Crippen molar-refractivity contribution < 1.29 is 62.2 Å². The summed E-state index contributed by atoms with van der Waals surface area (Å²) in [6.45, 7) is -1.58. The summed E-state index contributed by atoms with van der Waals surface area (Å²) >= 11 is 0. The third kappa shape index (κ3) is 8.23. The molecule has 26 heavy (non-hydrogen) atoms. The molecule has 13 heteroatoms. The quantitative estimate of drug-likeness (QED) is 0.447. The summed E-state index contributed by atoms with van der Waals surface area (Å²) in [5.41, 5.74) is 0. The van der Waals surface area contributed by atoms with Crippen LogP contribution in [0.2, 0.25) is 0 Å². The van der Waals surface area contributed by atoms with E-state index in [9.17, 15) is 24.3 Å². The van der Waals surface area contributed by atoms with Gasteiger partial charge >= 0.3 is 24.6 Å². The molecule has 0 saturated heterocycles. The average molecular weight is 384 g/mol. The van der Waals surface area contributed by atoms with E-state index in [-0.39, 0.29) is 0 Å². The van der Waals surface area contributed by atoms with Crippen molar-refractivity contribution in [3.63, 3.8) is 0 Å². The Morgan fingerprint density at radius 2 is 1.12 bits per heavy atom. The standard InChI is InChI=1S/C13H20O13/c1-19-10(15)23-6-8(25-12(17)21-3)9(26-13(18)22-4)7(5-14)24-11(16)20-2/h7-9,14H,5-6H2,1-4H3/t7-,8+,9-/m1/s1. The van der Waals surface area contributed by atoms with E-state index in [4.69, 9.17) is 14.2 Å². The van der Waals surface area contributed by atoms with Gasteiger partial charge in [0.1, 0.15) is 6.61 Å². The number of aliphatic hydroxyl groups is 1. The summed E-state index contributed by atoms with van der Waals surface area (Å²) in [5.74, 6) is 0. The van der Waals surface area contributed by atoms with Gasteiger partial charge in [-0.25, -0.2) is 19.2 Å². The number of aliphatic hydroxyl groups excluding tert-OH is 1. The average Bonchev–Trinajstić information content (AvgIpc) is 2.66. The summed E-state index contributed by atoms with van der Waals surface area (Å²) in [4.78, 5) is 45.3. The molecule has 0 fully saturated rings. The minimum Gasteiger partial charge on any atom is -0.438 e. The summed E-state index contributed by atoms with van der Waals surface area (Å²) in [6, 6.07) is 0. The molecular weight excluding hydrogens is 364 g/mol. The minimum atomic E-state index is -1.66. The van der Waals surface area contributed by atoms with Crippen molar-refractivity contribution >= 4 is 24.6 Å². The van der Waals surface area contributed by atoms with E-state index in [0.29, 0.717) is 0 Å². The van der Waals surface area contributed by atoms with Crippen LogP contribution in [0.15, 0.2) is 0 Å². The molecule has 0 saturated carbocycles. The molecule has 0 aromatic carbocycles. The van der Waals surface area contributed by atoms with Crippen molar-refractivity contribution in [3.05, 3.63) is 0 Å². The van der Waals surface area contributed by atoms with Crippen molar-refractivity contribution in [2.75, 3.05) is 41.7 Å². The lowest BCUT2D eigenvalue weighted by Crippen LogP contribution is -2.49. The molecule has 3 atom stereocenters. The molecule has 0 heterocycles. The highest BCUT2D eigenvalue weighted by Crippen LogP contribution is 2.16. The third-order valence-electron chi connectivity index (χ3n) is 2.67. The van der Waals surface area contributed by atoms with Crippen LogP contribution in [0.1, 0.15) is 0 Å².